The Kier molecular flexibility index (Phi) is 7.61. The number of nitrogens with zero attached hydrogens (tertiary/aromatic N) is 1. The van der Waals surface area contributed by atoms with Gasteiger partial charge in [-0.15, -0.1) is 0 Å². The van der Waals surface area contributed by atoms with Crippen LogP contribution in [0.2, 0.25) is 0 Å². The van der Waals surface area contributed by atoms with Crippen LogP contribution in [0.4, 0.5) is 17.1 Å². The molecule has 2 aromatic rings. The summed E-state index contributed by atoms with van der Waals surface area (Å²) < 4.78 is 5.16. The summed E-state index contributed by atoms with van der Waals surface area (Å²) in [5.74, 6) is 0.455. The Bertz CT molecular complexity index is 929. The van der Waals surface area contributed by atoms with E-state index < -0.39 is 0 Å². The maximum Gasteiger partial charge on any atom is 0.279 e. The smallest absolute Gasteiger partial charge is 0.279 e. The number of hydrogen-bond acceptors (Lipinski definition) is 4. The van der Waals surface area contributed by atoms with E-state index in [4.69, 9.17) is 4.74 Å². The van der Waals surface area contributed by atoms with Gasteiger partial charge in [0.2, 0.25) is 5.91 Å². The molecule has 2 aromatic carbocycles. The van der Waals surface area contributed by atoms with Crippen LogP contribution in [0.15, 0.2) is 48.5 Å². The third-order valence-corrected chi connectivity index (χ3v) is 5.21. The van der Waals surface area contributed by atoms with Crippen LogP contribution in [0.1, 0.15) is 19.8 Å². The van der Waals surface area contributed by atoms with Crippen molar-refractivity contribution in [2.45, 2.75) is 19.8 Å². The van der Waals surface area contributed by atoms with Gasteiger partial charge < -0.3 is 25.2 Å². The minimum atomic E-state index is -0.170. The van der Waals surface area contributed by atoms with Crippen LogP contribution in [-0.4, -0.2) is 51.0 Å². The minimum absolute atomic E-state index is 0.131. The number of anilines is 3. The molecule has 3 rings (SSSR count). The molecule has 0 saturated carbocycles. The van der Waals surface area contributed by atoms with E-state index in [-0.39, 0.29) is 30.8 Å². The molecule has 3 N–H and O–H groups in total. The van der Waals surface area contributed by atoms with E-state index in [9.17, 15) is 14.4 Å². The lowest BCUT2D eigenvalue weighted by Crippen LogP contribution is -3.13. The molecular weight excluding hydrogens is 396 g/mol. The highest BCUT2D eigenvalue weighted by Gasteiger charge is 2.22. The Morgan fingerprint density at radius 2 is 1.71 bits per heavy atom. The van der Waals surface area contributed by atoms with Crippen LogP contribution in [0.3, 0.4) is 0 Å². The number of likely N-dealkylation sites (N-methyl/N-ethyl adjacent to an activating group) is 1. The topological polar surface area (TPSA) is 92.2 Å². The third-order valence-electron chi connectivity index (χ3n) is 5.21. The fourth-order valence-electron chi connectivity index (χ4n) is 3.52. The number of carbonyl (C=O) groups excluding carboxylic acids is 3. The van der Waals surface area contributed by atoms with Crippen LogP contribution in [0.25, 0.3) is 0 Å². The van der Waals surface area contributed by atoms with Crippen LogP contribution in [0.5, 0.6) is 5.75 Å². The van der Waals surface area contributed by atoms with Crippen molar-refractivity contribution in [3.63, 3.8) is 0 Å². The zero-order valence-corrected chi connectivity index (χ0v) is 17.9. The van der Waals surface area contributed by atoms with Crippen molar-refractivity contribution in [1.82, 2.24) is 0 Å². The van der Waals surface area contributed by atoms with Gasteiger partial charge in [0, 0.05) is 36.1 Å². The zero-order chi connectivity index (χ0) is 22.2. The van der Waals surface area contributed by atoms with Gasteiger partial charge in [0.1, 0.15) is 5.75 Å². The zero-order valence-electron chi connectivity index (χ0n) is 17.9. The molecule has 0 aliphatic carbocycles. The monoisotopic (exact) mass is 425 g/mol. The molecule has 164 valence electrons. The van der Waals surface area contributed by atoms with Crippen molar-refractivity contribution >= 4 is 34.8 Å². The van der Waals surface area contributed by atoms with Crippen molar-refractivity contribution in [2.75, 3.05) is 48.8 Å². The molecule has 1 aliphatic rings. The average Bonchev–Trinajstić information content (AvgIpc) is 3.19. The molecule has 0 aromatic heterocycles. The summed E-state index contributed by atoms with van der Waals surface area (Å²) in [5.41, 5.74) is 2.16. The number of carbonyl (C=O) groups is 3. The van der Waals surface area contributed by atoms with E-state index in [1.807, 2.05) is 19.1 Å². The number of rotatable bonds is 9. The molecule has 1 aliphatic heterocycles. The molecule has 1 fully saturated rings. The number of ether oxygens (including phenoxy) is 1. The maximum absolute atomic E-state index is 12.5. The Balaban J connectivity index is 1.49. The highest BCUT2D eigenvalue weighted by atomic mass is 16.5. The summed E-state index contributed by atoms with van der Waals surface area (Å²) >= 11 is 0. The van der Waals surface area contributed by atoms with Crippen molar-refractivity contribution in [3.05, 3.63) is 48.5 Å². The SMILES string of the molecule is CC[NH+](CC(=O)Nc1ccc(N2CCCC2=O)cc1)CC(=O)Nc1cccc(OC)c1. The molecular formula is C23H29N4O4+. The van der Waals surface area contributed by atoms with Gasteiger partial charge in [0.25, 0.3) is 11.8 Å². The highest BCUT2D eigenvalue weighted by Crippen LogP contribution is 2.23. The van der Waals surface area contributed by atoms with Gasteiger partial charge in [-0.25, -0.2) is 0 Å². The molecule has 1 saturated heterocycles. The van der Waals surface area contributed by atoms with Gasteiger partial charge >= 0.3 is 0 Å². The fourth-order valence-corrected chi connectivity index (χ4v) is 3.52. The number of nitrogens with one attached hydrogen (secondary N) is 3. The first-order valence-electron chi connectivity index (χ1n) is 10.5. The lowest BCUT2D eigenvalue weighted by Gasteiger charge is -2.18. The van der Waals surface area contributed by atoms with Crippen molar-refractivity contribution in [2.24, 2.45) is 0 Å². The average molecular weight is 426 g/mol. The van der Waals surface area contributed by atoms with Crippen molar-refractivity contribution < 1.29 is 24.0 Å². The third kappa shape index (κ3) is 6.29. The van der Waals surface area contributed by atoms with E-state index in [0.29, 0.717) is 30.1 Å². The molecule has 8 nitrogen and oxygen atoms in total. The standard InChI is InChI=1S/C23H28N4O4/c1-3-26(16-22(29)25-18-6-4-7-20(14-18)31-2)15-21(28)24-17-9-11-19(12-10-17)27-13-5-8-23(27)30/h4,6-7,9-12,14H,3,5,8,13,15-16H2,1-2H3,(H,24,28)(H,25,29)/p+1. The predicted octanol–water partition coefficient (Wildman–Crippen LogP) is 1.30. The first-order valence-corrected chi connectivity index (χ1v) is 10.5. The second kappa shape index (κ2) is 10.6. The number of methoxy groups -OCH3 is 1. The largest absolute Gasteiger partial charge is 0.497 e. The van der Waals surface area contributed by atoms with E-state index in [1.54, 1.807) is 48.4 Å². The van der Waals surface area contributed by atoms with E-state index >= 15 is 0 Å². The quantitative estimate of drug-likeness (QED) is 0.565. The van der Waals surface area contributed by atoms with Gasteiger partial charge in [-0.05, 0) is 49.7 Å². The molecule has 0 spiro atoms. The second-order valence-electron chi connectivity index (χ2n) is 7.48. The summed E-state index contributed by atoms with van der Waals surface area (Å²) in [7, 11) is 1.57. The second-order valence-corrected chi connectivity index (χ2v) is 7.48. The number of benzene rings is 2. The van der Waals surface area contributed by atoms with E-state index in [0.717, 1.165) is 23.6 Å². The molecule has 8 heteroatoms. The summed E-state index contributed by atoms with van der Waals surface area (Å²) in [6.07, 6.45) is 1.46. The minimum Gasteiger partial charge on any atom is -0.497 e. The summed E-state index contributed by atoms with van der Waals surface area (Å²) in [6.45, 7) is 3.65. The van der Waals surface area contributed by atoms with Crippen LogP contribution in [0, 0.1) is 0 Å². The summed E-state index contributed by atoms with van der Waals surface area (Å²) in [5, 5.41) is 5.70. The van der Waals surface area contributed by atoms with Crippen LogP contribution < -0.4 is 25.2 Å². The number of hydrogen-bond donors (Lipinski definition) is 3. The number of quaternary nitrogens is 1. The molecule has 0 radical (unpaired) electrons. The van der Waals surface area contributed by atoms with Crippen LogP contribution >= 0.6 is 0 Å². The fraction of sp³-hybridized carbons (Fsp3) is 0.348. The molecule has 1 heterocycles. The van der Waals surface area contributed by atoms with E-state index in [2.05, 4.69) is 10.6 Å². The predicted molar refractivity (Wildman–Crippen MR) is 120 cm³/mol. The van der Waals surface area contributed by atoms with Gasteiger partial charge in [-0.1, -0.05) is 6.07 Å². The lowest BCUT2D eigenvalue weighted by atomic mass is 10.2. The maximum atomic E-state index is 12.5. The Morgan fingerprint density at radius 1 is 1.03 bits per heavy atom. The normalized spacial score (nSPS) is 14.3. The first kappa shape index (κ1) is 22.3. The summed E-state index contributed by atoms with van der Waals surface area (Å²) in [6, 6.07) is 14.4. The van der Waals surface area contributed by atoms with Gasteiger partial charge in [0.15, 0.2) is 13.1 Å². The molecule has 1 atom stereocenters. The summed E-state index contributed by atoms with van der Waals surface area (Å²) in [4.78, 5) is 39.3. The molecule has 3 amide bonds. The van der Waals surface area contributed by atoms with Gasteiger partial charge in [0.05, 0.1) is 13.7 Å². The van der Waals surface area contributed by atoms with Crippen molar-refractivity contribution in [1.29, 1.82) is 0 Å². The Morgan fingerprint density at radius 3 is 2.29 bits per heavy atom. The Hall–Kier alpha value is -3.39. The molecule has 1 unspecified atom stereocenters. The van der Waals surface area contributed by atoms with Crippen LogP contribution in [-0.2, 0) is 14.4 Å². The first-order chi connectivity index (χ1) is 15.0. The number of amides is 3. The highest BCUT2D eigenvalue weighted by molar-refractivity contribution is 5.96. The van der Waals surface area contributed by atoms with Gasteiger partial charge in [-0.2, -0.15) is 0 Å². The Labute approximate surface area is 182 Å². The van der Waals surface area contributed by atoms with Gasteiger partial charge in [-0.3, -0.25) is 14.4 Å². The lowest BCUT2D eigenvalue weighted by molar-refractivity contribution is -0.881. The molecule has 31 heavy (non-hydrogen) atoms. The molecule has 0 bridgehead atoms. The van der Waals surface area contributed by atoms with E-state index in [1.165, 1.54) is 0 Å². The van der Waals surface area contributed by atoms with Crippen molar-refractivity contribution in [3.8, 4) is 5.75 Å².